The van der Waals surface area contributed by atoms with Crippen LogP contribution >= 0.6 is 0 Å². The number of alkyl halides is 3. The minimum absolute atomic E-state index is 0.396. The van der Waals surface area contributed by atoms with Gasteiger partial charge in [0.1, 0.15) is 5.56 Å². The number of rotatable bonds is 6. The number of aliphatic hydroxyl groups excluding tert-OH is 2. The summed E-state index contributed by atoms with van der Waals surface area (Å²) in [5, 5.41) is 40.2. The van der Waals surface area contributed by atoms with Gasteiger partial charge < -0.3 is 15.4 Å². The van der Waals surface area contributed by atoms with Crippen molar-refractivity contribution in [1.29, 1.82) is 0 Å². The number of halogens is 3. The molecule has 3 N–H and O–H groups in total. The maximum absolute atomic E-state index is 12.8. The molecule has 0 fully saturated rings. The number of benzene rings is 1. The van der Waals surface area contributed by atoms with Crippen molar-refractivity contribution in [2.45, 2.75) is 6.18 Å². The van der Waals surface area contributed by atoms with E-state index in [2.05, 4.69) is 0 Å². The van der Waals surface area contributed by atoms with Gasteiger partial charge in [0.05, 0.1) is 26.3 Å². The van der Waals surface area contributed by atoms with Crippen molar-refractivity contribution in [3.05, 3.63) is 35.0 Å². The lowest BCUT2D eigenvalue weighted by Crippen LogP contribution is -2.57. The molecule has 0 heterocycles. The lowest BCUT2D eigenvalue weighted by atomic mass is 10.1. The van der Waals surface area contributed by atoms with Crippen LogP contribution in [-0.2, 0) is 6.18 Å². The molecule has 0 aliphatic heterocycles. The average molecular weight is 296 g/mol. The van der Waals surface area contributed by atoms with Crippen LogP contribution in [0, 0.1) is 5.21 Å². The molecule has 20 heavy (non-hydrogen) atoms. The first-order valence-corrected chi connectivity index (χ1v) is 5.72. The third kappa shape index (κ3) is 3.66. The number of hydrogen-bond donors (Lipinski definition) is 3. The van der Waals surface area contributed by atoms with E-state index in [1.54, 1.807) is 0 Å². The van der Waals surface area contributed by atoms with E-state index >= 15 is 0 Å². The fourth-order valence-corrected chi connectivity index (χ4v) is 1.73. The molecule has 1 unspecified atom stereocenters. The van der Waals surface area contributed by atoms with Crippen molar-refractivity contribution in [2.75, 3.05) is 26.3 Å². The second kappa shape index (κ2) is 6.48. The van der Waals surface area contributed by atoms with Gasteiger partial charge in [-0.15, -0.1) is 9.93 Å². The van der Waals surface area contributed by atoms with Gasteiger partial charge >= 0.3 is 6.18 Å². The van der Waals surface area contributed by atoms with E-state index in [1.807, 2.05) is 0 Å². The molecule has 0 saturated carbocycles. The van der Waals surface area contributed by atoms with Crippen LogP contribution in [0.15, 0.2) is 24.3 Å². The molecule has 1 aromatic rings. The van der Waals surface area contributed by atoms with Gasteiger partial charge in [-0.05, 0) is 6.07 Å². The molecule has 1 aromatic carbocycles. The maximum Gasteiger partial charge on any atom is 0.422 e. The fraction of sp³-hybridized carbons (Fsp3) is 0.455. The molecule has 1 atom stereocenters. The Morgan fingerprint density at radius 3 is 2.05 bits per heavy atom. The summed E-state index contributed by atoms with van der Waals surface area (Å²) in [5.41, 5.74) is -2.21. The van der Waals surface area contributed by atoms with Crippen molar-refractivity contribution in [3.63, 3.8) is 0 Å². The fourth-order valence-electron chi connectivity index (χ4n) is 1.73. The lowest BCUT2D eigenvalue weighted by Gasteiger charge is -2.41. The van der Waals surface area contributed by atoms with Crippen LogP contribution in [0.4, 0.5) is 18.9 Å². The molecular formula is C11H15F3N2O4. The smallest absolute Gasteiger partial charge is 0.422 e. The highest BCUT2D eigenvalue weighted by molar-refractivity contribution is 5.50. The second-order valence-electron chi connectivity index (χ2n) is 3.96. The molecule has 0 aromatic heterocycles. The summed E-state index contributed by atoms with van der Waals surface area (Å²) < 4.78 is 38.5. The van der Waals surface area contributed by atoms with Gasteiger partial charge in [-0.1, -0.05) is 12.1 Å². The van der Waals surface area contributed by atoms with Crippen molar-refractivity contribution in [1.82, 2.24) is 9.93 Å². The van der Waals surface area contributed by atoms with Gasteiger partial charge in [0.2, 0.25) is 0 Å². The van der Waals surface area contributed by atoms with Crippen molar-refractivity contribution >= 4 is 5.69 Å². The van der Waals surface area contributed by atoms with E-state index in [4.69, 9.17) is 10.2 Å². The van der Waals surface area contributed by atoms with Gasteiger partial charge in [-0.2, -0.15) is 18.4 Å². The van der Waals surface area contributed by atoms with Gasteiger partial charge in [-0.3, -0.25) is 0 Å². The van der Waals surface area contributed by atoms with Crippen LogP contribution in [-0.4, -0.2) is 46.7 Å². The molecule has 114 valence electrons. The van der Waals surface area contributed by atoms with Crippen LogP contribution in [0.5, 0.6) is 0 Å². The highest BCUT2D eigenvalue weighted by atomic mass is 19.4. The molecule has 0 aliphatic carbocycles. The number of hydrogen-bond acceptors (Lipinski definition) is 5. The first-order valence-electron chi connectivity index (χ1n) is 5.72. The first kappa shape index (κ1) is 16.8. The zero-order chi connectivity index (χ0) is 15.4. The molecule has 1 rings (SSSR count). The number of aliphatic hydroxyl groups is 2. The predicted octanol–water partition coefficient (Wildman–Crippen LogP) is 1.10. The molecule has 9 heteroatoms. The molecule has 6 nitrogen and oxygen atoms in total. The maximum atomic E-state index is 12.8. The Morgan fingerprint density at radius 1 is 1.10 bits per heavy atom. The SMILES string of the molecule is [O-][N+](O)(c1ccccc1C(F)(F)F)N(CCO)CCO. The number of nitrogens with zero attached hydrogens (tertiary/aromatic N) is 2. The Balaban J connectivity index is 3.26. The quantitative estimate of drug-likeness (QED) is 0.540. The van der Waals surface area contributed by atoms with Crippen LogP contribution in [0.2, 0.25) is 0 Å². The summed E-state index contributed by atoms with van der Waals surface area (Å²) in [7, 11) is 0. The summed E-state index contributed by atoms with van der Waals surface area (Å²) in [6.45, 7) is -1.91. The molecule has 0 aliphatic rings. The Hall–Kier alpha value is -1.23. The molecule has 0 bridgehead atoms. The topological polar surface area (TPSA) is 87.0 Å². The van der Waals surface area contributed by atoms with E-state index in [1.165, 1.54) is 6.07 Å². The number of para-hydroxylation sites is 1. The van der Waals surface area contributed by atoms with Gasteiger partial charge in [0.15, 0.2) is 5.69 Å². The van der Waals surface area contributed by atoms with Gasteiger partial charge in [0, 0.05) is 6.07 Å². The summed E-state index contributed by atoms with van der Waals surface area (Å²) >= 11 is 0. The summed E-state index contributed by atoms with van der Waals surface area (Å²) in [6.07, 6.45) is -4.81. The molecule has 0 amide bonds. The molecule has 0 spiro atoms. The zero-order valence-electron chi connectivity index (χ0n) is 10.4. The third-order valence-corrected chi connectivity index (χ3v) is 2.62. The largest absolute Gasteiger partial charge is 0.572 e. The first-order chi connectivity index (χ1) is 9.25. The van der Waals surface area contributed by atoms with E-state index in [0.29, 0.717) is 11.1 Å². The second-order valence-corrected chi connectivity index (χ2v) is 3.96. The highest BCUT2D eigenvalue weighted by Crippen LogP contribution is 2.38. The number of quaternary nitrogens is 1. The van der Waals surface area contributed by atoms with Crippen molar-refractivity contribution < 1.29 is 28.6 Å². The van der Waals surface area contributed by atoms with E-state index in [0.717, 1.165) is 12.1 Å². The highest BCUT2D eigenvalue weighted by Gasteiger charge is 2.41. The van der Waals surface area contributed by atoms with Gasteiger partial charge in [0.25, 0.3) is 0 Å². The van der Waals surface area contributed by atoms with E-state index in [9.17, 15) is 23.6 Å². The molecule has 0 saturated heterocycles. The molecule has 0 radical (unpaired) electrons. The Bertz CT molecular complexity index is 434. The summed E-state index contributed by atoms with van der Waals surface area (Å²) in [5.74, 6) is 0. The lowest BCUT2D eigenvalue weighted by molar-refractivity contribution is -0.205. The molecular weight excluding hydrogens is 281 g/mol. The standard InChI is InChI=1S/C11H15F3N2O4/c12-11(13,14)9-3-1-2-4-10(9)16(19,20)15(5-7-17)6-8-18/h1-4,17-19H,5-8H2. The van der Waals surface area contributed by atoms with Crippen molar-refractivity contribution in [2.24, 2.45) is 0 Å². The minimum atomic E-state index is -4.81. The zero-order valence-corrected chi connectivity index (χ0v) is 10.4. The monoisotopic (exact) mass is 296 g/mol. The van der Waals surface area contributed by atoms with E-state index in [-0.39, 0.29) is 0 Å². The van der Waals surface area contributed by atoms with E-state index < -0.39 is 48.6 Å². The average Bonchev–Trinajstić information content (AvgIpc) is 2.37. The minimum Gasteiger partial charge on any atom is -0.572 e. The van der Waals surface area contributed by atoms with Gasteiger partial charge in [-0.25, -0.2) is 0 Å². The van der Waals surface area contributed by atoms with Crippen molar-refractivity contribution in [3.8, 4) is 0 Å². The Labute approximate surface area is 113 Å². The Kier molecular flexibility index (Phi) is 5.45. The Morgan fingerprint density at radius 2 is 1.60 bits per heavy atom. The normalized spacial score (nSPS) is 15.4. The van der Waals surface area contributed by atoms with Crippen LogP contribution in [0.3, 0.4) is 0 Å². The van der Waals surface area contributed by atoms with Crippen LogP contribution < -0.4 is 4.92 Å². The third-order valence-electron chi connectivity index (χ3n) is 2.62. The predicted molar refractivity (Wildman–Crippen MR) is 64.1 cm³/mol. The van der Waals surface area contributed by atoms with Crippen LogP contribution in [0.25, 0.3) is 0 Å². The van der Waals surface area contributed by atoms with Crippen LogP contribution in [0.1, 0.15) is 5.56 Å². The summed E-state index contributed by atoms with van der Waals surface area (Å²) in [4.78, 5) is -2.45. The summed E-state index contributed by atoms with van der Waals surface area (Å²) in [6, 6.07) is 3.79.